The van der Waals surface area contributed by atoms with Crippen molar-refractivity contribution in [2.75, 3.05) is 26.8 Å². The van der Waals surface area contributed by atoms with Crippen molar-refractivity contribution in [1.29, 1.82) is 0 Å². The molecule has 3 N–H and O–H groups in total. The van der Waals surface area contributed by atoms with Crippen LogP contribution in [0.1, 0.15) is 30.0 Å². The average molecular weight is 278 g/mol. The Balaban J connectivity index is 1.73. The molecule has 5 heteroatoms. The maximum absolute atomic E-state index is 11.5. The number of methoxy groups -OCH3 is 1. The number of amides is 1. The zero-order chi connectivity index (χ0) is 14.4. The summed E-state index contributed by atoms with van der Waals surface area (Å²) in [6, 6.07) is 5.80. The molecule has 5 nitrogen and oxygen atoms in total. The van der Waals surface area contributed by atoms with Gasteiger partial charge in [-0.2, -0.15) is 0 Å². The first-order chi connectivity index (χ1) is 9.70. The van der Waals surface area contributed by atoms with Gasteiger partial charge >= 0.3 is 0 Å². The van der Waals surface area contributed by atoms with E-state index in [-0.39, 0.29) is 11.9 Å². The van der Waals surface area contributed by atoms with E-state index in [1.807, 2.05) is 12.1 Å². The molecule has 0 heterocycles. The fourth-order valence-corrected chi connectivity index (χ4v) is 2.56. The fraction of sp³-hybridized carbons (Fsp3) is 0.533. The van der Waals surface area contributed by atoms with Gasteiger partial charge in [0.2, 0.25) is 5.91 Å². The number of ether oxygens (including phenoxy) is 1. The van der Waals surface area contributed by atoms with Crippen molar-refractivity contribution >= 4 is 5.91 Å². The maximum atomic E-state index is 11.5. The van der Waals surface area contributed by atoms with E-state index in [9.17, 15) is 9.90 Å². The maximum Gasteiger partial charge on any atom is 0.221 e. The van der Waals surface area contributed by atoms with Gasteiger partial charge < -0.3 is 20.5 Å². The molecule has 0 saturated heterocycles. The standard InChI is InChI=1S/C15H22N2O3/c1-20-9-8-17-15(19)6-7-16-14-5-2-11-10-12(18)3-4-13(11)14/h3-4,10,14,16,18H,2,5-9H2,1H3,(H,17,19). The van der Waals surface area contributed by atoms with Gasteiger partial charge in [0.1, 0.15) is 5.75 Å². The summed E-state index contributed by atoms with van der Waals surface area (Å²) in [6.07, 6.45) is 2.46. The number of phenolic OH excluding ortho intramolecular Hbond substituents is 1. The van der Waals surface area contributed by atoms with Gasteiger partial charge in [-0.3, -0.25) is 4.79 Å². The number of nitrogens with one attached hydrogen (secondary N) is 2. The van der Waals surface area contributed by atoms with Gasteiger partial charge in [-0.25, -0.2) is 0 Å². The van der Waals surface area contributed by atoms with Crippen molar-refractivity contribution < 1.29 is 14.6 Å². The van der Waals surface area contributed by atoms with E-state index < -0.39 is 0 Å². The molecule has 1 aromatic rings. The summed E-state index contributed by atoms with van der Waals surface area (Å²) in [5.41, 5.74) is 2.44. The Kier molecular flexibility index (Phi) is 5.38. The second kappa shape index (κ2) is 7.26. The minimum atomic E-state index is 0.0403. The summed E-state index contributed by atoms with van der Waals surface area (Å²) in [7, 11) is 1.61. The van der Waals surface area contributed by atoms with Crippen LogP contribution < -0.4 is 10.6 Å². The number of aryl methyl sites for hydroxylation is 1. The first-order valence-corrected chi connectivity index (χ1v) is 7.01. The molecular weight excluding hydrogens is 256 g/mol. The molecule has 1 atom stereocenters. The van der Waals surface area contributed by atoms with Crippen LogP contribution in [-0.2, 0) is 16.0 Å². The van der Waals surface area contributed by atoms with Crippen LogP contribution in [0, 0.1) is 0 Å². The van der Waals surface area contributed by atoms with Gasteiger partial charge in [-0.05, 0) is 36.1 Å². The second-order valence-electron chi connectivity index (χ2n) is 5.02. The highest BCUT2D eigenvalue weighted by Crippen LogP contribution is 2.32. The van der Waals surface area contributed by atoms with E-state index in [2.05, 4.69) is 10.6 Å². The molecule has 20 heavy (non-hydrogen) atoms. The highest BCUT2D eigenvalue weighted by Gasteiger charge is 2.22. The van der Waals surface area contributed by atoms with Crippen LogP contribution in [0.2, 0.25) is 0 Å². The normalized spacial score (nSPS) is 16.9. The zero-order valence-electron chi connectivity index (χ0n) is 11.8. The van der Waals surface area contributed by atoms with E-state index in [4.69, 9.17) is 4.74 Å². The smallest absolute Gasteiger partial charge is 0.221 e. The van der Waals surface area contributed by atoms with Crippen molar-refractivity contribution in [1.82, 2.24) is 10.6 Å². The number of hydrogen-bond acceptors (Lipinski definition) is 4. The van der Waals surface area contributed by atoms with Crippen molar-refractivity contribution in [2.24, 2.45) is 0 Å². The largest absolute Gasteiger partial charge is 0.508 e. The average Bonchev–Trinajstić information content (AvgIpc) is 2.81. The third-order valence-electron chi connectivity index (χ3n) is 3.58. The molecule has 0 spiro atoms. The zero-order valence-corrected chi connectivity index (χ0v) is 11.8. The molecule has 1 amide bonds. The summed E-state index contributed by atoms with van der Waals surface area (Å²) in [5.74, 6) is 0.361. The highest BCUT2D eigenvalue weighted by atomic mass is 16.5. The number of benzene rings is 1. The van der Waals surface area contributed by atoms with Crippen molar-refractivity contribution in [3.8, 4) is 5.75 Å². The monoisotopic (exact) mass is 278 g/mol. The van der Waals surface area contributed by atoms with E-state index in [1.54, 1.807) is 13.2 Å². The Bertz CT molecular complexity index is 462. The summed E-state index contributed by atoms with van der Waals surface area (Å²) in [5, 5.41) is 15.7. The first-order valence-electron chi connectivity index (χ1n) is 7.01. The summed E-state index contributed by atoms with van der Waals surface area (Å²) in [6.45, 7) is 1.75. The SMILES string of the molecule is COCCNC(=O)CCNC1CCc2cc(O)ccc21. The quantitative estimate of drug-likeness (QED) is 0.654. The van der Waals surface area contributed by atoms with Gasteiger partial charge in [-0.1, -0.05) is 6.07 Å². The van der Waals surface area contributed by atoms with E-state index in [1.165, 1.54) is 11.1 Å². The first kappa shape index (κ1) is 14.8. The predicted octanol–water partition coefficient (Wildman–Crippen LogP) is 1.12. The molecule has 0 saturated carbocycles. The number of fused-ring (bicyclic) bond motifs is 1. The molecule has 0 aliphatic heterocycles. The highest BCUT2D eigenvalue weighted by molar-refractivity contribution is 5.76. The van der Waals surface area contributed by atoms with E-state index >= 15 is 0 Å². The number of hydrogen-bond donors (Lipinski definition) is 3. The lowest BCUT2D eigenvalue weighted by Crippen LogP contribution is -2.31. The number of rotatable bonds is 7. The lowest BCUT2D eigenvalue weighted by atomic mass is 10.1. The fourth-order valence-electron chi connectivity index (χ4n) is 2.56. The third-order valence-corrected chi connectivity index (χ3v) is 3.58. The molecular formula is C15H22N2O3. The van der Waals surface area contributed by atoms with Crippen molar-refractivity contribution in [3.05, 3.63) is 29.3 Å². The molecule has 0 fully saturated rings. The number of carbonyl (C=O) groups is 1. The van der Waals surface area contributed by atoms with Crippen molar-refractivity contribution in [2.45, 2.75) is 25.3 Å². The van der Waals surface area contributed by atoms with Crippen LogP contribution in [0.3, 0.4) is 0 Å². The second-order valence-corrected chi connectivity index (χ2v) is 5.02. The molecule has 0 radical (unpaired) electrons. The molecule has 110 valence electrons. The van der Waals surface area contributed by atoms with Crippen LogP contribution in [0.15, 0.2) is 18.2 Å². The van der Waals surface area contributed by atoms with Gasteiger partial charge in [0.05, 0.1) is 6.61 Å². The van der Waals surface area contributed by atoms with Crippen LogP contribution in [-0.4, -0.2) is 37.8 Å². The van der Waals surface area contributed by atoms with Crippen molar-refractivity contribution in [3.63, 3.8) is 0 Å². The Hall–Kier alpha value is -1.59. The topological polar surface area (TPSA) is 70.6 Å². The number of aromatic hydroxyl groups is 1. The molecule has 2 rings (SSSR count). The van der Waals surface area contributed by atoms with E-state index in [0.717, 1.165) is 12.8 Å². The molecule has 0 aromatic heterocycles. The predicted molar refractivity (Wildman–Crippen MR) is 76.7 cm³/mol. The Morgan fingerprint density at radius 3 is 3.10 bits per heavy atom. The van der Waals surface area contributed by atoms with Gasteiger partial charge in [0.25, 0.3) is 0 Å². The van der Waals surface area contributed by atoms with Crippen LogP contribution in [0.4, 0.5) is 0 Å². The lowest BCUT2D eigenvalue weighted by Gasteiger charge is -2.14. The number of phenols is 1. The van der Waals surface area contributed by atoms with Crippen LogP contribution in [0.25, 0.3) is 0 Å². The Labute approximate surface area is 119 Å². The molecule has 1 aliphatic carbocycles. The summed E-state index contributed by atoms with van der Waals surface area (Å²) in [4.78, 5) is 11.5. The molecule has 1 aromatic carbocycles. The Morgan fingerprint density at radius 1 is 1.45 bits per heavy atom. The van der Waals surface area contributed by atoms with E-state index in [0.29, 0.717) is 31.9 Å². The molecule has 0 bridgehead atoms. The van der Waals surface area contributed by atoms with Gasteiger partial charge in [0, 0.05) is 32.7 Å². The minimum absolute atomic E-state index is 0.0403. The van der Waals surface area contributed by atoms with Crippen LogP contribution in [0.5, 0.6) is 5.75 Å². The molecule has 1 aliphatic rings. The van der Waals surface area contributed by atoms with Gasteiger partial charge in [0.15, 0.2) is 0 Å². The summed E-state index contributed by atoms with van der Waals surface area (Å²) < 4.78 is 4.88. The lowest BCUT2D eigenvalue weighted by molar-refractivity contribution is -0.121. The summed E-state index contributed by atoms with van der Waals surface area (Å²) >= 11 is 0. The minimum Gasteiger partial charge on any atom is -0.508 e. The third kappa shape index (κ3) is 3.95. The van der Waals surface area contributed by atoms with Gasteiger partial charge in [-0.15, -0.1) is 0 Å². The van der Waals surface area contributed by atoms with Crippen LogP contribution >= 0.6 is 0 Å². The molecule has 1 unspecified atom stereocenters. The Morgan fingerprint density at radius 2 is 2.30 bits per heavy atom. The number of carbonyl (C=O) groups excluding carboxylic acids is 1.